The molecule has 1 aromatic heterocycles. The van der Waals surface area contributed by atoms with Crippen LogP contribution in [-0.4, -0.2) is 58.3 Å². The highest BCUT2D eigenvalue weighted by molar-refractivity contribution is 7.22. The largest absolute Gasteiger partial charge is 0.481 e. The minimum atomic E-state index is -1.08. The van der Waals surface area contributed by atoms with Gasteiger partial charge in [-0.3, -0.25) is 9.59 Å². The Labute approximate surface area is 223 Å². The Hall–Kier alpha value is -2.75. The summed E-state index contributed by atoms with van der Waals surface area (Å²) in [6, 6.07) is 13.0. The number of carboxylic acids is 1. The van der Waals surface area contributed by atoms with Crippen molar-refractivity contribution < 1.29 is 23.8 Å². The van der Waals surface area contributed by atoms with Gasteiger partial charge in [-0.05, 0) is 55.5 Å². The van der Waals surface area contributed by atoms with E-state index in [0.717, 1.165) is 20.9 Å². The van der Waals surface area contributed by atoms with Gasteiger partial charge in [0, 0.05) is 6.42 Å². The van der Waals surface area contributed by atoms with Crippen LogP contribution in [0, 0.1) is 5.92 Å². The van der Waals surface area contributed by atoms with Crippen molar-refractivity contribution in [2.24, 2.45) is 5.92 Å². The van der Waals surface area contributed by atoms with Crippen molar-refractivity contribution >= 4 is 55.8 Å². The fourth-order valence-electron chi connectivity index (χ4n) is 5.13. The summed E-state index contributed by atoms with van der Waals surface area (Å²) in [6.45, 7) is 0.323. The highest BCUT2D eigenvalue weighted by Crippen LogP contribution is 2.32. The number of aliphatic carboxylic acids is 1. The molecule has 7 nitrogen and oxygen atoms in total. The summed E-state index contributed by atoms with van der Waals surface area (Å²) in [4.78, 5) is 30.4. The predicted molar refractivity (Wildman–Crippen MR) is 142 cm³/mol. The number of anilines is 2. The summed E-state index contributed by atoms with van der Waals surface area (Å²) in [6.07, 6.45) is 1.77. The van der Waals surface area contributed by atoms with E-state index in [9.17, 15) is 14.0 Å². The first kappa shape index (κ1) is 25.9. The second kappa shape index (κ2) is 11.3. The van der Waals surface area contributed by atoms with E-state index < -0.39 is 12.1 Å². The molecule has 1 saturated heterocycles. The number of carboxylic acid groups (broad SMARTS) is 1. The van der Waals surface area contributed by atoms with Crippen LogP contribution < -0.4 is 5.32 Å². The normalized spacial score (nSPS) is 23.9. The molecule has 0 bridgehead atoms. The van der Waals surface area contributed by atoms with Gasteiger partial charge in [0.15, 0.2) is 5.13 Å². The van der Waals surface area contributed by atoms with Crippen LogP contribution in [0.4, 0.5) is 15.2 Å². The third-order valence-electron chi connectivity index (χ3n) is 7.16. The van der Waals surface area contributed by atoms with E-state index in [-0.39, 0.29) is 50.0 Å². The number of ether oxygens (including phenoxy) is 1. The summed E-state index contributed by atoms with van der Waals surface area (Å²) in [5.74, 6) is -1.23. The lowest BCUT2D eigenvalue weighted by atomic mass is 9.87. The zero-order valence-corrected chi connectivity index (χ0v) is 21.8. The molecule has 0 unspecified atom stereocenters. The standard InChI is InChI=1S/C27H29ClFN3O4S/c28-21-11-16(5-10-22(21)30-27-31-23-3-1-2-4-24(23)37-27)12-25(33)32-14-18(29)13-19(32)15-36-20-8-6-17(7-9-20)26(34)35/h1-5,10-11,17-20H,6-9,12-15H2,(H,30,31)(H,34,35)/t17?,18-,19-,20?/m0/s1. The number of hydrogen-bond donors (Lipinski definition) is 2. The highest BCUT2D eigenvalue weighted by Gasteiger charge is 2.36. The maximum atomic E-state index is 14.3. The molecular weight excluding hydrogens is 517 g/mol. The minimum absolute atomic E-state index is 0.0412. The monoisotopic (exact) mass is 545 g/mol. The zero-order valence-electron chi connectivity index (χ0n) is 20.2. The lowest BCUT2D eigenvalue weighted by Crippen LogP contribution is -2.40. The number of carbonyl (C=O) groups excluding carboxylic acids is 1. The Morgan fingerprint density at radius 1 is 1.19 bits per heavy atom. The van der Waals surface area contributed by atoms with Crippen LogP contribution in [0.2, 0.25) is 5.02 Å². The maximum absolute atomic E-state index is 14.3. The summed E-state index contributed by atoms with van der Waals surface area (Å²) in [5, 5.41) is 13.6. The number of carbonyl (C=O) groups is 2. The summed E-state index contributed by atoms with van der Waals surface area (Å²) >= 11 is 8.05. The number of para-hydroxylation sites is 1. The van der Waals surface area contributed by atoms with Crippen LogP contribution in [-0.2, 0) is 20.7 Å². The second-order valence-electron chi connectivity index (χ2n) is 9.78. The van der Waals surface area contributed by atoms with Crippen LogP contribution in [0.3, 0.4) is 0 Å². The fraction of sp³-hybridized carbons (Fsp3) is 0.444. The van der Waals surface area contributed by atoms with Crippen molar-refractivity contribution in [1.29, 1.82) is 0 Å². The first-order chi connectivity index (χ1) is 17.9. The highest BCUT2D eigenvalue weighted by atomic mass is 35.5. The number of hydrogen-bond acceptors (Lipinski definition) is 6. The zero-order chi connectivity index (χ0) is 25.9. The van der Waals surface area contributed by atoms with Gasteiger partial charge in [-0.2, -0.15) is 0 Å². The first-order valence-corrected chi connectivity index (χ1v) is 13.7. The molecule has 1 aliphatic heterocycles. The van der Waals surface area contributed by atoms with Gasteiger partial charge >= 0.3 is 5.97 Å². The van der Waals surface area contributed by atoms with Gasteiger partial charge in [0.25, 0.3) is 0 Å². The minimum Gasteiger partial charge on any atom is -0.481 e. The van der Waals surface area contributed by atoms with Crippen LogP contribution in [0.25, 0.3) is 10.2 Å². The smallest absolute Gasteiger partial charge is 0.306 e. The number of amides is 1. The molecule has 1 aliphatic carbocycles. The molecule has 2 atom stereocenters. The topological polar surface area (TPSA) is 91.8 Å². The number of benzene rings is 2. The summed E-state index contributed by atoms with van der Waals surface area (Å²) in [7, 11) is 0. The molecule has 1 amide bonds. The van der Waals surface area contributed by atoms with Crippen molar-refractivity contribution in [1.82, 2.24) is 9.88 Å². The molecule has 3 aromatic rings. The van der Waals surface area contributed by atoms with Gasteiger partial charge in [0.2, 0.25) is 5.91 Å². The number of nitrogens with zero attached hydrogens (tertiary/aromatic N) is 2. The number of rotatable bonds is 8. The second-order valence-corrected chi connectivity index (χ2v) is 11.2. The number of aromatic nitrogens is 1. The van der Waals surface area contributed by atoms with Crippen molar-refractivity contribution in [3.05, 3.63) is 53.1 Å². The third-order valence-corrected chi connectivity index (χ3v) is 8.42. The SMILES string of the molecule is O=C(O)C1CCC(OC[C@@H]2C[C@H](F)CN2C(=O)Cc2ccc(Nc3nc4ccccc4s3)c(Cl)c2)CC1. The van der Waals surface area contributed by atoms with E-state index in [0.29, 0.717) is 36.4 Å². The average Bonchev–Trinajstić information content (AvgIpc) is 3.47. The molecule has 2 N–H and O–H groups in total. The Bertz CT molecular complexity index is 1250. The molecule has 37 heavy (non-hydrogen) atoms. The molecule has 2 heterocycles. The number of nitrogens with one attached hydrogen (secondary N) is 1. The number of thiazole rings is 1. The summed E-state index contributed by atoms with van der Waals surface area (Å²) in [5.41, 5.74) is 2.36. The van der Waals surface area contributed by atoms with Crippen LogP contribution in [0.15, 0.2) is 42.5 Å². The average molecular weight is 546 g/mol. The van der Waals surface area contributed by atoms with E-state index >= 15 is 0 Å². The first-order valence-electron chi connectivity index (χ1n) is 12.5. The van der Waals surface area contributed by atoms with Gasteiger partial charge in [-0.15, -0.1) is 0 Å². The van der Waals surface area contributed by atoms with Gasteiger partial charge in [0.05, 0.1) is 58.6 Å². The maximum Gasteiger partial charge on any atom is 0.306 e. The Balaban J connectivity index is 1.17. The number of halogens is 2. The molecule has 5 rings (SSSR count). The molecule has 2 aromatic carbocycles. The van der Waals surface area contributed by atoms with E-state index in [1.165, 1.54) is 11.3 Å². The quantitative estimate of drug-likeness (QED) is 0.370. The van der Waals surface area contributed by atoms with Gasteiger partial charge < -0.3 is 20.1 Å². The molecule has 2 aliphatic rings. The molecular formula is C27H29ClFN3O4S. The van der Waals surface area contributed by atoms with Crippen molar-refractivity contribution in [3.8, 4) is 0 Å². The van der Waals surface area contributed by atoms with E-state index in [4.69, 9.17) is 21.4 Å². The molecule has 2 fully saturated rings. The lowest BCUT2D eigenvalue weighted by Gasteiger charge is -2.29. The lowest BCUT2D eigenvalue weighted by molar-refractivity contribution is -0.144. The van der Waals surface area contributed by atoms with Crippen LogP contribution in [0.1, 0.15) is 37.7 Å². The number of alkyl halides is 1. The fourth-order valence-corrected chi connectivity index (χ4v) is 6.26. The molecule has 1 saturated carbocycles. The van der Waals surface area contributed by atoms with E-state index in [2.05, 4.69) is 10.3 Å². The Morgan fingerprint density at radius 3 is 2.70 bits per heavy atom. The van der Waals surface area contributed by atoms with Gasteiger partial charge in [0.1, 0.15) is 6.17 Å². The Kier molecular flexibility index (Phi) is 7.92. The number of likely N-dealkylation sites (tertiary alicyclic amines) is 1. The van der Waals surface area contributed by atoms with Crippen LogP contribution >= 0.6 is 22.9 Å². The summed E-state index contributed by atoms with van der Waals surface area (Å²) < 4.78 is 21.4. The van der Waals surface area contributed by atoms with Gasteiger partial charge in [-0.25, -0.2) is 9.37 Å². The van der Waals surface area contributed by atoms with Crippen molar-refractivity contribution in [3.63, 3.8) is 0 Å². The van der Waals surface area contributed by atoms with Crippen molar-refractivity contribution in [2.75, 3.05) is 18.5 Å². The Morgan fingerprint density at radius 2 is 1.97 bits per heavy atom. The van der Waals surface area contributed by atoms with E-state index in [1.807, 2.05) is 36.4 Å². The number of fused-ring (bicyclic) bond motifs is 1. The third kappa shape index (κ3) is 6.22. The molecule has 0 spiro atoms. The van der Waals surface area contributed by atoms with Gasteiger partial charge in [-0.1, -0.05) is 41.1 Å². The van der Waals surface area contributed by atoms with Crippen molar-refractivity contribution in [2.45, 2.75) is 56.8 Å². The van der Waals surface area contributed by atoms with Crippen LogP contribution in [0.5, 0.6) is 0 Å². The van der Waals surface area contributed by atoms with E-state index in [1.54, 1.807) is 11.0 Å². The predicted octanol–water partition coefficient (Wildman–Crippen LogP) is 5.83. The molecule has 0 radical (unpaired) electrons. The molecule has 10 heteroatoms. The molecule has 196 valence electrons.